The summed E-state index contributed by atoms with van der Waals surface area (Å²) in [7, 11) is 0. The monoisotopic (exact) mass is 882 g/mol. The Hall–Kier alpha value is -3.22. The zero-order valence-electron chi connectivity index (χ0n) is 30.7. The molecular formula is C43H49IrN2O2S2-. The second kappa shape index (κ2) is 16.0. The van der Waals surface area contributed by atoms with Crippen molar-refractivity contribution in [3.05, 3.63) is 95.8 Å². The first-order valence-corrected chi connectivity index (χ1v) is 19.1. The maximum Gasteiger partial charge on any atom is 0.164 e. The Bertz CT molecular complexity index is 2130. The number of pyridine rings is 2. The quantitative estimate of drug-likeness (QED) is 0.0893. The van der Waals surface area contributed by atoms with Crippen molar-refractivity contribution in [2.45, 2.75) is 93.4 Å². The van der Waals surface area contributed by atoms with Gasteiger partial charge in [-0.2, -0.15) is 0 Å². The molecular weight excluding hydrogens is 833 g/mol. The SMILES string of the molecule is CC(C)(C)c1cc(-c2nccc3cc(-c4cnc5sccc5c4)sc23)[c-]c2ccccc12.CCC(C)(CC)C(=O)/C=C(\O)C(C)(CC)CC.[Ir]. The minimum Gasteiger partial charge on any atom is -0.512 e. The molecule has 265 valence electrons. The first-order valence-electron chi connectivity index (χ1n) is 17.4. The van der Waals surface area contributed by atoms with Gasteiger partial charge in [0, 0.05) is 75.6 Å². The number of aliphatic hydroxyl groups is 1. The van der Waals surface area contributed by atoms with E-state index < -0.39 is 0 Å². The number of rotatable bonds is 9. The van der Waals surface area contributed by atoms with Gasteiger partial charge in [0.15, 0.2) is 5.78 Å². The Labute approximate surface area is 319 Å². The summed E-state index contributed by atoms with van der Waals surface area (Å²) >= 11 is 3.46. The van der Waals surface area contributed by atoms with Gasteiger partial charge in [-0.25, -0.2) is 4.98 Å². The van der Waals surface area contributed by atoms with E-state index in [2.05, 4.69) is 91.8 Å². The van der Waals surface area contributed by atoms with Crippen LogP contribution in [0.3, 0.4) is 0 Å². The number of hydrogen-bond acceptors (Lipinski definition) is 6. The summed E-state index contributed by atoms with van der Waals surface area (Å²) in [5.41, 5.74) is 3.96. The average molecular weight is 882 g/mol. The van der Waals surface area contributed by atoms with Crippen LogP contribution in [0.5, 0.6) is 0 Å². The van der Waals surface area contributed by atoms with E-state index in [1.54, 1.807) is 22.7 Å². The normalized spacial score (nSPS) is 12.5. The van der Waals surface area contributed by atoms with Gasteiger partial charge < -0.3 is 5.11 Å². The molecule has 0 saturated carbocycles. The molecule has 0 atom stereocenters. The van der Waals surface area contributed by atoms with E-state index in [1.165, 1.54) is 37.4 Å². The number of fused-ring (bicyclic) bond motifs is 3. The number of ketones is 1. The fraction of sp³-hybridized carbons (Fsp3) is 0.372. The van der Waals surface area contributed by atoms with Crippen molar-refractivity contribution < 1.29 is 30.0 Å². The molecule has 7 heteroatoms. The van der Waals surface area contributed by atoms with Crippen LogP contribution in [0.2, 0.25) is 0 Å². The number of thiophene rings is 2. The molecule has 4 heterocycles. The molecule has 0 fully saturated rings. The van der Waals surface area contributed by atoms with Crippen LogP contribution in [0.4, 0.5) is 0 Å². The smallest absolute Gasteiger partial charge is 0.164 e. The van der Waals surface area contributed by atoms with Crippen LogP contribution in [0.15, 0.2) is 84.2 Å². The molecule has 0 amide bonds. The molecule has 1 radical (unpaired) electrons. The van der Waals surface area contributed by atoms with Crippen LogP contribution >= 0.6 is 22.7 Å². The van der Waals surface area contributed by atoms with Crippen molar-refractivity contribution in [3.63, 3.8) is 0 Å². The van der Waals surface area contributed by atoms with E-state index in [1.807, 2.05) is 53.9 Å². The number of benzene rings is 2. The predicted octanol–water partition coefficient (Wildman–Crippen LogP) is 13.1. The predicted molar refractivity (Wildman–Crippen MR) is 212 cm³/mol. The Balaban J connectivity index is 0.000000269. The molecule has 0 unspecified atom stereocenters. The number of aromatic nitrogens is 2. The van der Waals surface area contributed by atoms with Gasteiger partial charge in [0.1, 0.15) is 10.6 Å². The Morgan fingerprint density at radius 2 is 1.54 bits per heavy atom. The molecule has 0 aliphatic carbocycles. The summed E-state index contributed by atoms with van der Waals surface area (Å²) in [4.78, 5) is 23.9. The number of allylic oxidation sites excluding steroid dienone is 2. The second-order valence-corrected chi connectivity index (χ2v) is 16.5. The van der Waals surface area contributed by atoms with Gasteiger partial charge in [-0.1, -0.05) is 91.5 Å². The fourth-order valence-corrected chi connectivity index (χ4v) is 7.81. The van der Waals surface area contributed by atoms with E-state index in [9.17, 15) is 9.90 Å². The van der Waals surface area contributed by atoms with Gasteiger partial charge in [0.25, 0.3) is 0 Å². The molecule has 0 aliphatic rings. The van der Waals surface area contributed by atoms with E-state index in [4.69, 9.17) is 4.98 Å². The van der Waals surface area contributed by atoms with Crippen molar-refractivity contribution in [1.29, 1.82) is 0 Å². The largest absolute Gasteiger partial charge is 0.512 e. The van der Waals surface area contributed by atoms with Crippen molar-refractivity contribution in [2.24, 2.45) is 10.8 Å². The second-order valence-electron chi connectivity index (χ2n) is 14.5. The molecule has 2 aromatic carbocycles. The van der Waals surface area contributed by atoms with Crippen LogP contribution < -0.4 is 0 Å². The maximum atomic E-state index is 12.2. The van der Waals surface area contributed by atoms with E-state index in [0.717, 1.165) is 52.7 Å². The van der Waals surface area contributed by atoms with E-state index >= 15 is 0 Å². The Morgan fingerprint density at radius 3 is 2.20 bits per heavy atom. The minimum atomic E-state index is -0.337. The van der Waals surface area contributed by atoms with E-state index in [-0.39, 0.29) is 47.9 Å². The molecule has 0 aliphatic heterocycles. The topological polar surface area (TPSA) is 63.1 Å². The van der Waals surface area contributed by atoms with Gasteiger partial charge in [-0.05, 0) is 66.1 Å². The average Bonchev–Trinajstić information content (AvgIpc) is 3.77. The van der Waals surface area contributed by atoms with Gasteiger partial charge in [-0.3, -0.25) is 9.78 Å². The zero-order chi connectivity index (χ0) is 35.6. The molecule has 50 heavy (non-hydrogen) atoms. The number of aliphatic hydroxyl groups excluding tert-OH is 1. The van der Waals surface area contributed by atoms with Crippen LogP contribution in [-0.2, 0) is 30.3 Å². The third-order valence-corrected chi connectivity index (χ3v) is 12.5. The van der Waals surface area contributed by atoms with Crippen molar-refractivity contribution in [3.8, 4) is 21.7 Å². The molecule has 6 aromatic rings. The number of carbonyl (C=O) groups is 1. The molecule has 1 N–H and O–H groups in total. The first-order chi connectivity index (χ1) is 23.3. The summed E-state index contributed by atoms with van der Waals surface area (Å²) in [6.45, 7) is 18.9. The van der Waals surface area contributed by atoms with Crippen LogP contribution in [-0.4, -0.2) is 20.9 Å². The summed E-state index contributed by atoms with van der Waals surface area (Å²) in [6, 6.07) is 23.2. The zero-order valence-corrected chi connectivity index (χ0v) is 34.8. The van der Waals surface area contributed by atoms with Gasteiger partial charge in [0.05, 0.1) is 0 Å². The van der Waals surface area contributed by atoms with Gasteiger partial charge in [-0.15, -0.1) is 51.8 Å². The van der Waals surface area contributed by atoms with Crippen LogP contribution in [0.1, 0.15) is 93.6 Å². The summed E-state index contributed by atoms with van der Waals surface area (Å²) < 4.78 is 1.19. The van der Waals surface area contributed by atoms with Crippen LogP contribution in [0, 0.1) is 16.9 Å². The fourth-order valence-electron chi connectivity index (χ4n) is 5.95. The van der Waals surface area contributed by atoms with Gasteiger partial charge >= 0.3 is 0 Å². The Kier molecular flexibility index (Phi) is 12.6. The van der Waals surface area contributed by atoms with Crippen molar-refractivity contribution in [2.75, 3.05) is 0 Å². The molecule has 6 rings (SSSR count). The van der Waals surface area contributed by atoms with E-state index in [0.29, 0.717) is 0 Å². The third-order valence-electron chi connectivity index (χ3n) is 10.5. The van der Waals surface area contributed by atoms with Gasteiger partial charge in [0.2, 0.25) is 0 Å². The maximum absolute atomic E-state index is 12.2. The number of hydrogen-bond donors (Lipinski definition) is 1. The standard InChI is InChI=1S/C28H21N2S2.C15H28O2.Ir/c1-28(2,3)23-14-20(12-17-6-4-5-7-22(17)23)25-26-18(8-10-29-25)15-24(32-26)21-13-19-9-11-31-27(19)30-16-21;1-7-14(5,8-2)12(16)11-13(17)15(6,9-3)10-4;/h4-11,13-16H,1-3H3;11,16H,7-10H2,1-6H3;/q-1;;/b;12-11-;. The summed E-state index contributed by atoms with van der Waals surface area (Å²) in [6.07, 6.45) is 8.65. The Morgan fingerprint density at radius 1 is 0.860 bits per heavy atom. The van der Waals surface area contributed by atoms with Crippen LogP contribution in [0.25, 0.3) is 52.8 Å². The first kappa shape index (κ1) is 39.6. The molecule has 4 nitrogen and oxygen atoms in total. The summed E-state index contributed by atoms with van der Waals surface area (Å²) in [5, 5.41) is 17.0. The molecule has 0 saturated heterocycles. The third kappa shape index (κ3) is 8.12. The minimum absolute atomic E-state index is 0. The molecule has 4 aromatic heterocycles. The number of carbonyl (C=O) groups excluding carboxylic acids is 1. The molecule has 0 spiro atoms. The summed E-state index contributed by atoms with van der Waals surface area (Å²) in [5.74, 6) is 0.286. The molecule has 0 bridgehead atoms. The van der Waals surface area contributed by atoms with Crippen molar-refractivity contribution >= 4 is 59.5 Å². The number of nitrogens with zero attached hydrogens (tertiary/aromatic N) is 2. The van der Waals surface area contributed by atoms with Crippen molar-refractivity contribution in [1.82, 2.24) is 9.97 Å².